The highest BCUT2D eigenvalue weighted by Gasteiger charge is 2.15. The molecular formula is C20H22Cl2N2O4. The summed E-state index contributed by atoms with van der Waals surface area (Å²) in [6.07, 6.45) is 0.441. The molecule has 2 N–H and O–H groups in total. The van der Waals surface area contributed by atoms with Crippen LogP contribution in [0.15, 0.2) is 42.5 Å². The average molecular weight is 425 g/mol. The van der Waals surface area contributed by atoms with Crippen LogP contribution in [-0.4, -0.2) is 41.8 Å². The van der Waals surface area contributed by atoms with E-state index in [1.807, 2.05) is 0 Å². The second-order valence-electron chi connectivity index (χ2n) is 5.98. The lowest BCUT2D eigenvalue weighted by Gasteiger charge is -2.23. The maximum Gasteiger partial charge on any atom is 0.338 e. The van der Waals surface area contributed by atoms with E-state index < -0.39 is 5.97 Å². The number of urea groups is 1. The molecule has 0 saturated carbocycles. The minimum absolute atomic E-state index is 0.0284. The van der Waals surface area contributed by atoms with Gasteiger partial charge in [-0.2, -0.15) is 0 Å². The monoisotopic (exact) mass is 424 g/mol. The quantitative estimate of drug-likeness (QED) is 0.607. The number of halogens is 2. The third-order valence-electron chi connectivity index (χ3n) is 3.88. The van der Waals surface area contributed by atoms with Crippen molar-refractivity contribution in [1.29, 1.82) is 0 Å². The lowest BCUT2D eigenvalue weighted by Crippen LogP contribution is -2.35. The molecule has 2 aromatic carbocycles. The molecule has 2 amide bonds. The normalized spacial score (nSPS) is 10.4. The van der Waals surface area contributed by atoms with Gasteiger partial charge in [0.25, 0.3) is 0 Å². The molecular weight excluding hydrogens is 403 g/mol. The number of hydrogen-bond acceptors (Lipinski definition) is 4. The number of esters is 1. The first kappa shape index (κ1) is 22.0. The molecule has 0 aliphatic rings. The molecule has 150 valence electrons. The van der Waals surface area contributed by atoms with Crippen LogP contribution in [0.25, 0.3) is 0 Å². The highest BCUT2D eigenvalue weighted by molar-refractivity contribution is 6.42. The summed E-state index contributed by atoms with van der Waals surface area (Å²) < 4.78 is 4.94. The Hall–Kier alpha value is -2.28. The van der Waals surface area contributed by atoms with Crippen LogP contribution >= 0.6 is 23.2 Å². The van der Waals surface area contributed by atoms with Gasteiger partial charge in [-0.25, -0.2) is 9.59 Å². The number of nitrogens with zero attached hydrogens (tertiary/aromatic N) is 1. The Bertz CT molecular complexity index is 812. The van der Waals surface area contributed by atoms with Crippen molar-refractivity contribution in [2.45, 2.75) is 19.9 Å². The fourth-order valence-electron chi connectivity index (χ4n) is 2.48. The topological polar surface area (TPSA) is 78.9 Å². The first-order chi connectivity index (χ1) is 13.4. The number of anilines is 1. The largest absolute Gasteiger partial charge is 0.462 e. The molecule has 0 unspecified atom stereocenters. The zero-order valence-corrected chi connectivity index (χ0v) is 17.0. The molecule has 0 spiro atoms. The molecule has 0 aliphatic carbocycles. The van der Waals surface area contributed by atoms with E-state index >= 15 is 0 Å². The fraction of sp³-hybridized carbons (Fsp3) is 0.300. The molecule has 0 heterocycles. The smallest absolute Gasteiger partial charge is 0.338 e. The summed E-state index contributed by atoms with van der Waals surface area (Å²) in [5.74, 6) is -0.412. The van der Waals surface area contributed by atoms with E-state index in [0.717, 1.165) is 5.56 Å². The number of carbonyl (C=O) groups excluding carboxylic acids is 2. The van der Waals surface area contributed by atoms with Gasteiger partial charge in [0.15, 0.2) is 0 Å². The van der Waals surface area contributed by atoms with Crippen LogP contribution in [0.5, 0.6) is 0 Å². The minimum atomic E-state index is -0.412. The molecule has 0 radical (unpaired) electrons. The molecule has 0 saturated heterocycles. The van der Waals surface area contributed by atoms with Crippen molar-refractivity contribution in [3.05, 3.63) is 63.6 Å². The Morgan fingerprint density at radius 1 is 1.11 bits per heavy atom. The van der Waals surface area contributed by atoms with Gasteiger partial charge >= 0.3 is 12.0 Å². The van der Waals surface area contributed by atoms with Crippen LogP contribution in [0.4, 0.5) is 10.5 Å². The zero-order chi connectivity index (χ0) is 20.5. The molecule has 28 heavy (non-hydrogen) atoms. The summed E-state index contributed by atoms with van der Waals surface area (Å²) >= 11 is 12.0. The molecule has 2 rings (SSSR count). The molecule has 0 aliphatic heterocycles. The Labute approximate surface area is 174 Å². The summed E-state index contributed by atoms with van der Waals surface area (Å²) in [4.78, 5) is 25.9. The Kier molecular flexibility index (Phi) is 8.57. The minimum Gasteiger partial charge on any atom is -0.462 e. The summed E-state index contributed by atoms with van der Waals surface area (Å²) in [6, 6.07) is 11.3. The number of amides is 2. The number of aliphatic hydroxyl groups excluding tert-OH is 1. The SMILES string of the molecule is CCOC(=O)c1ccc(NC(=O)N(CCCO)Cc2ccc(Cl)c(Cl)c2)cc1. The Balaban J connectivity index is 2.07. The van der Waals surface area contributed by atoms with Gasteiger partial charge in [-0.05, 0) is 55.3 Å². The number of benzene rings is 2. The van der Waals surface area contributed by atoms with Crippen molar-refractivity contribution in [3.8, 4) is 0 Å². The summed E-state index contributed by atoms with van der Waals surface area (Å²) in [7, 11) is 0. The molecule has 0 fully saturated rings. The van der Waals surface area contributed by atoms with Crippen LogP contribution in [-0.2, 0) is 11.3 Å². The van der Waals surface area contributed by atoms with Gasteiger partial charge in [-0.15, -0.1) is 0 Å². The van der Waals surface area contributed by atoms with Gasteiger partial charge in [0.1, 0.15) is 0 Å². The third-order valence-corrected chi connectivity index (χ3v) is 4.62. The molecule has 6 nitrogen and oxygen atoms in total. The maximum atomic E-state index is 12.7. The molecule has 8 heteroatoms. The lowest BCUT2D eigenvalue weighted by molar-refractivity contribution is 0.0526. The van der Waals surface area contributed by atoms with Gasteiger partial charge in [-0.3, -0.25) is 0 Å². The average Bonchev–Trinajstić information content (AvgIpc) is 2.68. The molecule has 2 aromatic rings. The van der Waals surface area contributed by atoms with Crippen LogP contribution in [0, 0.1) is 0 Å². The summed E-state index contributed by atoms with van der Waals surface area (Å²) in [5.41, 5.74) is 1.77. The second-order valence-corrected chi connectivity index (χ2v) is 6.79. The van der Waals surface area contributed by atoms with E-state index in [4.69, 9.17) is 33.0 Å². The van der Waals surface area contributed by atoms with Gasteiger partial charge in [-0.1, -0.05) is 29.3 Å². The van der Waals surface area contributed by atoms with Crippen molar-refractivity contribution in [2.24, 2.45) is 0 Å². The van der Waals surface area contributed by atoms with E-state index in [0.29, 0.717) is 47.4 Å². The van der Waals surface area contributed by atoms with Crippen LogP contribution in [0.1, 0.15) is 29.3 Å². The highest BCUT2D eigenvalue weighted by atomic mass is 35.5. The first-order valence-electron chi connectivity index (χ1n) is 8.82. The highest BCUT2D eigenvalue weighted by Crippen LogP contribution is 2.23. The van der Waals surface area contributed by atoms with Crippen molar-refractivity contribution >= 4 is 40.9 Å². The summed E-state index contributed by atoms with van der Waals surface area (Å²) in [6.45, 7) is 2.68. The number of ether oxygens (including phenoxy) is 1. The zero-order valence-electron chi connectivity index (χ0n) is 15.5. The Morgan fingerprint density at radius 3 is 2.43 bits per heavy atom. The number of aliphatic hydroxyl groups is 1. The fourth-order valence-corrected chi connectivity index (χ4v) is 2.80. The molecule has 0 atom stereocenters. The Morgan fingerprint density at radius 2 is 1.82 bits per heavy atom. The van der Waals surface area contributed by atoms with Gasteiger partial charge in [0.05, 0.1) is 22.2 Å². The molecule has 0 bridgehead atoms. The van der Waals surface area contributed by atoms with Crippen LogP contribution in [0.2, 0.25) is 10.0 Å². The van der Waals surface area contributed by atoms with Crippen molar-refractivity contribution in [2.75, 3.05) is 25.1 Å². The van der Waals surface area contributed by atoms with E-state index in [-0.39, 0.29) is 12.6 Å². The van der Waals surface area contributed by atoms with E-state index in [1.165, 1.54) is 0 Å². The summed E-state index contributed by atoms with van der Waals surface area (Å²) in [5, 5.41) is 12.8. The van der Waals surface area contributed by atoms with E-state index in [2.05, 4.69) is 5.32 Å². The molecule has 0 aromatic heterocycles. The van der Waals surface area contributed by atoms with Crippen molar-refractivity contribution < 1.29 is 19.4 Å². The maximum absolute atomic E-state index is 12.7. The van der Waals surface area contributed by atoms with Crippen molar-refractivity contribution in [1.82, 2.24) is 4.90 Å². The number of rotatable bonds is 8. The lowest BCUT2D eigenvalue weighted by atomic mass is 10.2. The van der Waals surface area contributed by atoms with Crippen LogP contribution < -0.4 is 5.32 Å². The van der Waals surface area contributed by atoms with E-state index in [9.17, 15) is 9.59 Å². The number of hydrogen-bond donors (Lipinski definition) is 2. The first-order valence-corrected chi connectivity index (χ1v) is 9.58. The van der Waals surface area contributed by atoms with Gasteiger partial charge in [0, 0.05) is 25.4 Å². The standard InChI is InChI=1S/C20H22Cl2N2O4/c1-2-28-19(26)15-5-7-16(8-6-15)23-20(27)24(10-3-11-25)13-14-4-9-17(21)18(22)12-14/h4-9,12,25H,2-3,10-11,13H2,1H3,(H,23,27). The van der Waals surface area contributed by atoms with E-state index in [1.54, 1.807) is 54.3 Å². The third kappa shape index (κ3) is 6.41. The van der Waals surface area contributed by atoms with Crippen molar-refractivity contribution in [3.63, 3.8) is 0 Å². The van der Waals surface area contributed by atoms with Crippen LogP contribution in [0.3, 0.4) is 0 Å². The van der Waals surface area contributed by atoms with Gasteiger partial charge in [0.2, 0.25) is 0 Å². The predicted molar refractivity (Wildman–Crippen MR) is 110 cm³/mol. The number of carbonyl (C=O) groups is 2. The predicted octanol–water partition coefficient (Wildman–Crippen LogP) is 4.59. The number of nitrogens with one attached hydrogen (secondary N) is 1. The van der Waals surface area contributed by atoms with Gasteiger partial charge < -0.3 is 20.1 Å². The second kappa shape index (κ2) is 10.9.